The predicted octanol–water partition coefficient (Wildman–Crippen LogP) is 3.27. The fraction of sp³-hybridized carbons (Fsp3) is 0.300. The van der Waals surface area contributed by atoms with Gasteiger partial charge in [-0.25, -0.2) is 9.59 Å². The maximum absolute atomic E-state index is 12.1. The van der Waals surface area contributed by atoms with Crippen molar-refractivity contribution >= 4 is 27.9 Å². The largest absolute Gasteiger partial charge is 0.463 e. The summed E-state index contributed by atoms with van der Waals surface area (Å²) in [5, 5.41) is 5.31. The van der Waals surface area contributed by atoms with Crippen LogP contribution in [0.2, 0.25) is 0 Å². The highest BCUT2D eigenvalue weighted by atomic mass is 79.9. The monoisotopic (exact) mass is 447 g/mol. The quantitative estimate of drug-likeness (QED) is 0.636. The van der Waals surface area contributed by atoms with Gasteiger partial charge in [0.25, 0.3) is 0 Å². The van der Waals surface area contributed by atoms with E-state index in [9.17, 15) is 9.59 Å². The van der Waals surface area contributed by atoms with Crippen molar-refractivity contribution in [1.82, 2.24) is 15.5 Å². The number of rotatable bonds is 7. The minimum absolute atomic E-state index is 0.155. The number of likely N-dealkylation sites (N-methyl/N-ethyl adjacent to an activating group) is 1. The van der Waals surface area contributed by atoms with Gasteiger partial charge in [0.05, 0.1) is 25.3 Å². The molecule has 0 atom stereocenters. The van der Waals surface area contributed by atoms with E-state index in [2.05, 4.69) is 26.6 Å². The smallest absolute Gasteiger partial charge is 0.337 e. The highest BCUT2D eigenvalue weighted by molar-refractivity contribution is 9.10. The summed E-state index contributed by atoms with van der Waals surface area (Å²) in [6.07, 6.45) is 0. The number of halogens is 1. The second-order valence-corrected chi connectivity index (χ2v) is 7.35. The van der Waals surface area contributed by atoms with Crippen LogP contribution < -0.4 is 10.6 Å². The Balaban J connectivity index is 1.68. The van der Waals surface area contributed by atoms with Crippen molar-refractivity contribution in [3.05, 3.63) is 57.9 Å². The molecule has 0 saturated carbocycles. The van der Waals surface area contributed by atoms with Crippen LogP contribution in [0.25, 0.3) is 11.3 Å². The Bertz CT molecular complexity index is 889. The molecular formula is C20H22BrN3O4. The number of nitrogens with zero attached hydrogens (tertiary/aromatic N) is 1. The lowest BCUT2D eigenvalue weighted by Gasteiger charge is -2.24. The summed E-state index contributed by atoms with van der Waals surface area (Å²) in [5.74, 6) is 1.16. The number of nitrogens with one attached hydrogen (secondary N) is 2. The first kappa shape index (κ1) is 20.2. The molecule has 3 rings (SSSR count). The van der Waals surface area contributed by atoms with Crippen LogP contribution in [0.5, 0.6) is 0 Å². The molecule has 0 aliphatic carbocycles. The van der Waals surface area contributed by atoms with E-state index >= 15 is 0 Å². The van der Waals surface area contributed by atoms with Crippen molar-refractivity contribution in [3.63, 3.8) is 0 Å². The number of hydrogen-bond acceptors (Lipinski definition) is 5. The minimum Gasteiger partial charge on any atom is -0.463 e. The van der Waals surface area contributed by atoms with Crippen LogP contribution in [0.1, 0.15) is 12.7 Å². The molecule has 2 heterocycles. The molecule has 148 valence electrons. The number of benzene rings is 1. The van der Waals surface area contributed by atoms with Crippen molar-refractivity contribution in [2.45, 2.75) is 13.5 Å². The Morgan fingerprint density at radius 2 is 1.96 bits per heavy atom. The summed E-state index contributed by atoms with van der Waals surface area (Å²) in [6, 6.07) is 11.4. The van der Waals surface area contributed by atoms with E-state index in [1.54, 1.807) is 6.92 Å². The second kappa shape index (κ2) is 9.07. The number of carbonyl (C=O) groups excluding carboxylic acids is 2. The van der Waals surface area contributed by atoms with Crippen molar-refractivity contribution in [2.75, 3.05) is 26.7 Å². The topological polar surface area (TPSA) is 83.8 Å². The third-order valence-electron chi connectivity index (χ3n) is 4.22. The first-order chi connectivity index (χ1) is 13.5. The Labute approximate surface area is 171 Å². The van der Waals surface area contributed by atoms with Crippen LogP contribution in [-0.4, -0.2) is 43.6 Å². The molecule has 2 aromatic rings. The molecule has 28 heavy (non-hydrogen) atoms. The molecule has 1 aliphatic rings. The third kappa shape index (κ3) is 5.02. The van der Waals surface area contributed by atoms with Crippen molar-refractivity contribution in [1.29, 1.82) is 0 Å². The van der Waals surface area contributed by atoms with Crippen LogP contribution in [0.4, 0.5) is 4.79 Å². The zero-order chi connectivity index (χ0) is 20.1. The number of ether oxygens (including phenoxy) is 1. The summed E-state index contributed by atoms with van der Waals surface area (Å²) in [4.78, 5) is 25.8. The van der Waals surface area contributed by atoms with E-state index < -0.39 is 5.97 Å². The lowest BCUT2D eigenvalue weighted by Crippen LogP contribution is -2.46. The molecule has 2 N–H and O–H groups in total. The normalized spacial score (nSPS) is 14.1. The number of furan rings is 1. The average Bonchev–Trinajstić information content (AvgIpc) is 3.10. The van der Waals surface area contributed by atoms with Crippen LogP contribution in [-0.2, 0) is 16.1 Å². The van der Waals surface area contributed by atoms with Gasteiger partial charge in [-0.05, 0) is 38.2 Å². The molecule has 2 amide bonds. The SMILES string of the molecule is CCOC(=O)C1=C(CN(C)Cc2ccc(-c3ccc(Br)cc3)o2)NC(=O)NC1. The van der Waals surface area contributed by atoms with Gasteiger partial charge in [0.1, 0.15) is 11.5 Å². The zero-order valence-corrected chi connectivity index (χ0v) is 17.3. The van der Waals surface area contributed by atoms with E-state index in [1.807, 2.05) is 48.3 Å². The van der Waals surface area contributed by atoms with Gasteiger partial charge >= 0.3 is 12.0 Å². The maximum atomic E-state index is 12.1. The highest BCUT2D eigenvalue weighted by Gasteiger charge is 2.24. The lowest BCUT2D eigenvalue weighted by molar-refractivity contribution is -0.138. The predicted molar refractivity (Wildman–Crippen MR) is 108 cm³/mol. The van der Waals surface area contributed by atoms with Gasteiger partial charge in [-0.1, -0.05) is 28.1 Å². The van der Waals surface area contributed by atoms with Crippen LogP contribution >= 0.6 is 15.9 Å². The summed E-state index contributed by atoms with van der Waals surface area (Å²) in [6.45, 7) is 3.10. The van der Waals surface area contributed by atoms with Gasteiger partial charge in [0.2, 0.25) is 0 Å². The molecule has 1 aromatic carbocycles. The maximum Gasteiger partial charge on any atom is 0.337 e. The Hall–Kier alpha value is -2.58. The fourth-order valence-electron chi connectivity index (χ4n) is 2.90. The van der Waals surface area contributed by atoms with E-state index in [0.29, 0.717) is 24.4 Å². The number of carbonyl (C=O) groups is 2. The summed E-state index contributed by atoms with van der Waals surface area (Å²) < 4.78 is 12.0. The van der Waals surface area contributed by atoms with E-state index in [-0.39, 0.29) is 19.2 Å². The van der Waals surface area contributed by atoms with Gasteiger partial charge in [0, 0.05) is 22.3 Å². The van der Waals surface area contributed by atoms with Crippen molar-refractivity contribution < 1.29 is 18.7 Å². The number of hydrogen-bond donors (Lipinski definition) is 2. The number of amides is 2. The molecule has 0 spiro atoms. The van der Waals surface area contributed by atoms with Crippen molar-refractivity contribution in [3.8, 4) is 11.3 Å². The minimum atomic E-state index is -0.422. The average molecular weight is 448 g/mol. The number of urea groups is 1. The van der Waals surface area contributed by atoms with Crippen molar-refractivity contribution in [2.24, 2.45) is 0 Å². The Kier molecular flexibility index (Phi) is 6.53. The molecule has 8 heteroatoms. The number of esters is 1. The van der Waals surface area contributed by atoms with Gasteiger partial charge in [-0.15, -0.1) is 0 Å². The molecule has 1 aromatic heterocycles. The van der Waals surface area contributed by atoms with Crippen LogP contribution in [0, 0.1) is 0 Å². The third-order valence-corrected chi connectivity index (χ3v) is 4.75. The summed E-state index contributed by atoms with van der Waals surface area (Å²) in [7, 11) is 1.89. The van der Waals surface area contributed by atoms with Crippen LogP contribution in [0.3, 0.4) is 0 Å². The summed E-state index contributed by atoms with van der Waals surface area (Å²) >= 11 is 3.42. The molecule has 7 nitrogen and oxygen atoms in total. The fourth-order valence-corrected chi connectivity index (χ4v) is 3.17. The standard InChI is InChI=1S/C20H22BrN3O4/c1-3-27-19(25)16-10-22-20(26)23-17(16)12-24(2)11-15-8-9-18(28-15)13-4-6-14(21)7-5-13/h4-9H,3,10-12H2,1-2H3,(H2,22,23,26). The summed E-state index contributed by atoms with van der Waals surface area (Å²) in [5.41, 5.74) is 1.97. The van der Waals surface area contributed by atoms with Crippen LogP contribution in [0.15, 0.2) is 56.6 Å². The second-order valence-electron chi connectivity index (χ2n) is 6.43. The molecule has 0 bridgehead atoms. The van der Waals surface area contributed by atoms with Gasteiger partial charge in [-0.3, -0.25) is 4.90 Å². The van der Waals surface area contributed by atoms with E-state index in [0.717, 1.165) is 21.6 Å². The first-order valence-corrected chi connectivity index (χ1v) is 9.72. The molecular weight excluding hydrogens is 426 g/mol. The first-order valence-electron chi connectivity index (χ1n) is 8.93. The Morgan fingerprint density at radius 3 is 2.68 bits per heavy atom. The molecule has 0 saturated heterocycles. The van der Waals surface area contributed by atoms with E-state index in [4.69, 9.17) is 9.15 Å². The van der Waals surface area contributed by atoms with Gasteiger partial charge in [-0.2, -0.15) is 0 Å². The van der Waals surface area contributed by atoms with E-state index in [1.165, 1.54) is 0 Å². The molecule has 0 unspecified atom stereocenters. The zero-order valence-electron chi connectivity index (χ0n) is 15.8. The van der Waals surface area contributed by atoms with Gasteiger partial charge < -0.3 is 19.8 Å². The molecule has 0 fully saturated rings. The molecule has 1 aliphatic heterocycles. The highest BCUT2D eigenvalue weighted by Crippen LogP contribution is 2.24. The lowest BCUT2D eigenvalue weighted by atomic mass is 10.1. The van der Waals surface area contributed by atoms with Gasteiger partial charge in [0.15, 0.2) is 0 Å². The Morgan fingerprint density at radius 1 is 1.21 bits per heavy atom. The molecule has 0 radical (unpaired) electrons.